The Labute approximate surface area is 106 Å². The molecule has 2 rings (SSSR count). The fourth-order valence-electron chi connectivity index (χ4n) is 2.15. The SMILES string of the molecule is COC(=O)CC1(NCc2ccon2)CCCOC1. The molecule has 0 radical (unpaired) electrons. The minimum absolute atomic E-state index is 0.229. The average Bonchev–Trinajstić information content (AvgIpc) is 2.91. The molecular weight excluding hydrogens is 236 g/mol. The third-order valence-corrected chi connectivity index (χ3v) is 3.17. The summed E-state index contributed by atoms with van der Waals surface area (Å²) in [6.07, 6.45) is 3.66. The van der Waals surface area contributed by atoms with Gasteiger partial charge in [0.05, 0.1) is 31.4 Å². The van der Waals surface area contributed by atoms with E-state index in [9.17, 15) is 4.79 Å². The van der Waals surface area contributed by atoms with Crippen LogP contribution in [-0.2, 0) is 20.8 Å². The molecule has 1 aliphatic heterocycles. The molecule has 18 heavy (non-hydrogen) atoms. The number of nitrogens with zero attached hydrogens (tertiary/aromatic N) is 1. The Bertz CT molecular complexity index is 371. The van der Waals surface area contributed by atoms with Gasteiger partial charge in [0.25, 0.3) is 0 Å². The Hall–Kier alpha value is -1.40. The molecule has 1 aromatic rings. The van der Waals surface area contributed by atoms with Crippen LogP contribution in [-0.4, -0.2) is 37.0 Å². The van der Waals surface area contributed by atoms with Crippen LogP contribution < -0.4 is 5.32 Å². The summed E-state index contributed by atoms with van der Waals surface area (Å²) in [4.78, 5) is 11.5. The van der Waals surface area contributed by atoms with Gasteiger partial charge in [-0.3, -0.25) is 4.79 Å². The van der Waals surface area contributed by atoms with Crippen molar-refractivity contribution in [3.8, 4) is 0 Å². The molecule has 0 amide bonds. The quantitative estimate of drug-likeness (QED) is 0.786. The number of hydrogen-bond donors (Lipinski definition) is 1. The van der Waals surface area contributed by atoms with Crippen LogP contribution in [0.15, 0.2) is 16.9 Å². The molecular formula is C12H18N2O4. The molecule has 0 bridgehead atoms. The molecule has 6 heteroatoms. The maximum Gasteiger partial charge on any atom is 0.307 e. The topological polar surface area (TPSA) is 73.6 Å². The molecule has 2 heterocycles. The van der Waals surface area contributed by atoms with Crippen molar-refractivity contribution in [3.05, 3.63) is 18.0 Å². The molecule has 0 spiro atoms. The van der Waals surface area contributed by atoms with Gasteiger partial charge < -0.3 is 19.3 Å². The second-order valence-electron chi connectivity index (χ2n) is 4.53. The maximum absolute atomic E-state index is 11.5. The van der Waals surface area contributed by atoms with Crippen molar-refractivity contribution in [2.75, 3.05) is 20.3 Å². The van der Waals surface area contributed by atoms with Crippen LogP contribution in [0, 0.1) is 0 Å². The number of methoxy groups -OCH3 is 1. The van der Waals surface area contributed by atoms with Gasteiger partial charge >= 0.3 is 5.97 Å². The summed E-state index contributed by atoms with van der Waals surface area (Å²) in [6, 6.07) is 1.79. The lowest BCUT2D eigenvalue weighted by atomic mass is 9.88. The lowest BCUT2D eigenvalue weighted by Crippen LogP contribution is -2.52. The first-order valence-electron chi connectivity index (χ1n) is 6.03. The number of hydrogen-bond acceptors (Lipinski definition) is 6. The van der Waals surface area contributed by atoms with Crippen LogP contribution in [0.5, 0.6) is 0 Å². The van der Waals surface area contributed by atoms with Gasteiger partial charge in [-0.05, 0) is 12.8 Å². The van der Waals surface area contributed by atoms with Crippen LogP contribution in [0.1, 0.15) is 25.0 Å². The van der Waals surface area contributed by atoms with Crippen molar-refractivity contribution in [3.63, 3.8) is 0 Å². The van der Waals surface area contributed by atoms with Crippen molar-refractivity contribution >= 4 is 5.97 Å². The van der Waals surface area contributed by atoms with Gasteiger partial charge in [0.1, 0.15) is 6.26 Å². The highest BCUT2D eigenvalue weighted by molar-refractivity contribution is 5.70. The molecule has 1 atom stereocenters. The highest BCUT2D eigenvalue weighted by Crippen LogP contribution is 2.24. The lowest BCUT2D eigenvalue weighted by molar-refractivity contribution is -0.144. The van der Waals surface area contributed by atoms with Crippen molar-refractivity contribution in [2.45, 2.75) is 31.3 Å². The lowest BCUT2D eigenvalue weighted by Gasteiger charge is -2.37. The number of esters is 1. The average molecular weight is 254 g/mol. The molecule has 1 fully saturated rings. The fraction of sp³-hybridized carbons (Fsp3) is 0.667. The van der Waals surface area contributed by atoms with E-state index >= 15 is 0 Å². The first-order chi connectivity index (χ1) is 8.74. The number of rotatable bonds is 5. The van der Waals surface area contributed by atoms with Crippen LogP contribution in [0.2, 0.25) is 0 Å². The second-order valence-corrected chi connectivity index (χ2v) is 4.53. The molecule has 1 aromatic heterocycles. The first-order valence-corrected chi connectivity index (χ1v) is 6.03. The summed E-state index contributed by atoms with van der Waals surface area (Å²) in [6.45, 7) is 1.81. The first kappa shape index (κ1) is 13.0. The Balaban J connectivity index is 1.97. The molecule has 6 nitrogen and oxygen atoms in total. The highest BCUT2D eigenvalue weighted by Gasteiger charge is 2.35. The van der Waals surface area contributed by atoms with Gasteiger partial charge in [-0.1, -0.05) is 5.16 Å². The van der Waals surface area contributed by atoms with Crippen LogP contribution >= 0.6 is 0 Å². The van der Waals surface area contributed by atoms with E-state index in [0.29, 0.717) is 19.6 Å². The number of carbonyl (C=O) groups excluding carboxylic acids is 1. The van der Waals surface area contributed by atoms with Crippen LogP contribution in [0.3, 0.4) is 0 Å². The summed E-state index contributed by atoms with van der Waals surface area (Å²) < 4.78 is 15.0. The minimum atomic E-state index is -0.357. The molecule has 1 aliphatic rings. The zero-order valence-electron chi connectivity index (χ0n) is 10.5. The standard InChI is InChI=1S/C12H18N2O4/c1-16-11(15)7-12(4-2-5-17-9-12)13-8-10-3-6-18-14-10/h3,6,13H,2,4-5,7-9H2,1H3. The van der Waals surface area contributed by atoms with E-state index in [1.54, 1.807) is 6.07 Å². The van der Waals surface area contributed by atoms with E-state index in [2.05, 4.69) is 10.5 Å². The van der Waals surface area contributed by atoms with Gasteiger partial charge in [0, 0.05) is 19.2 Å². The smallest absolute Gasteiger partial charge is 0.307 e. The number of carbonyl (C=O) groups is 1. The number of ether oxygens (including phenoxy) is 2. The van der Waals surface area contributed by atoms with Gasteiger partial charge in [-0.15, -0.1) is 0 Å². The summed E-state index contributed by atoms with van der Waals surface area (Å²) in [7, 11) is 1.40. The summed E-state index contributed by atoms with van der Waals surface area (Å²) in [5.41, 5.74) is 0.453. The van der Waals surface area contributed by atoms with Crippen molar-refractivity contribution in [1.82, 2.24) is 10.5 Å². The fourth-order valence-corrected chi connectivity index (χ4v) is 2.15. The molecule has 100 valence electrons. The Morgan fingerprint density at radius 1 is 1.67 bits per heavy atom. The van der Waals surface area contributed by atoms with E-state index in [1.165, 1.54) is 13.4 Å². The number of aromatic nitrogens is 1. The van der Waals surface area contributed by atoms with E-state index in [-0.39, 0.29) is 11.5 Å². The third kappa shape index (κ3) is 3.30. The Morgan fingerprint density at radius 2 is 2.56 bits per heavy atom. The molecule has 1 unspecified atom stereocenters. The Morgan fingerprint density at radius 3 is 3.17 bits per heavy atom. The van der Waals surface area contributed by atoms with E-state index < -0.39 is 0 Å². The van der Waals surface area contributed by atoms with Crippen molar-refractivity contribution < 1.29 is 18.8 Å². The zero-order chi connectivity index (χ0) is 12.8. The highest BCUT2D eigenvalue weighted by atomic mass is 16.5. The van der Waals surface area contributed by atoms with E-state index in [0.717, 1.165) is 25.1 Å². The van der Waals surface area contributed by atoms with Crippen LogP contribution in [0.25, 0.3) is 0 Å². The molecule has 0 aromatic carbocycles. The van der Waals surface area contributed by atoms with E-state index in [4.69, 9.17) is 14.0 Å². The molecule has 1 N–H and O–H groups in total. The van der Waals surface area contributed by atoms with Crippen molar-refractivity contribution in [2.24, 2.45) is 0 Å². The predicted octanol–water partition coefficient (Wildman–Crippen LogP) is 0.876. The van der Waals surface area contributed by atoms with Gasteiger partial charge in [0.15, 0.2) is 0 Å². The van der Waals surface area contributed by atoms with Gasteiger partial charge in [0.2, 0.25) is 0 Å². The Kier molecular flexibility index (Phi) is 4.33. The maximum atomic E-state index is 11.5. The minimum Gasteiger partial charge on any atom is -0.469 e. The van der Waals surface area contributed by atoms with E-state index in [1.807, 2.05) is 0 Å². The van der Waals surface area contributed by atoms with Crippen molar-refractivity contribution in [1.29, 1.82) is 0 Å². The summed E-state index contributed by atoms with van der Waals surface area (Å²) >= 11 is 0. The predicted molar refractivity (Wildman–Crippen MR) is 62.8 cm³/mol. The van der Waals surface area contributed by atoms with Gasteiger partial charge in [-0.2, -0.15) is 0 Å². The zero-order valence-corrected chi connectivity index (χ0v) is 10.5. The molecule has 1 saturated heterocycles. The monoisotopic (exact) mass is 254 g/mol. The van der Waals surface area contributed by atoms with Crippen LogP contribution in [0.4, 0.5) is 0 Å². The normalized spacial score (nSPS) is 23.8. The number of nitrogens with one attached hydrogen (secondary N) is 1. The summed E-state index contributed by atoms with van der Waals surface area (Å²) in [5.74, 6) is -0.229. The largest absolute Gasteiger partial charge is 0.469 e. The second kappa shape index (κ2) is 5.97. The molecule has 0 aliphatic carbocycles. The third-order valence-electron chi connectivity index (χ3n) is 3.17. The molecule has 0 saturated carbocycles. The van der Waals surface area contributed by atoms with Gasteiger partial charge in [-0.25, -0.2) is 0 Å². The summed E-state index contributed by atoms with van der Waals surface area (Å²) in [5, 5.41) is 7.19.